The van der Waals surface area contributed by atoms with Gasteiger partial charge < -0.3 is 9.64 Å². The van der Waals surface area contributed by atoms with Gasteiger partial charge in [0.15, 0.2) is 0 Å². The van der Waals surface area contributed by atoms with Crippen LogP contribution in [0.2, 0.25) is 0 Å². The third-order valence-electron chi connectivity index (χ3n) is 4.99. The second-order valence-corrected chi connectivity index (χ2v) is 7.23. The van der Waals surface area contributed by atoms with E-state index in [1.54, 1.807) is 0 Å². The minimum Gasteiger partial charge on any atom is -0.373 e. The Bertz CT molecular complexity index is 266. The van der Waals surface area contributed by atoms with Crippen molar-refractivity contribution in [3.05, 3.63) is 0 Å². The van der Waals surface area contributed by atoms with Crippen molar-refractivity contribution in [1.29, 1.82) is 0 Å². The highest BCUT2D eigenvalue weighted by Crippen LogP contribution is 2.21. The fourth-order valence-corrected chi connectivity index (χ4v) is 3.72. The maximum atomic E-state index is 5.83. The zero-order chi connectivity index (χ0) is 14.5. The molecule has 0 unspecified atom stereocenters. The molecule has 3 nitrogen and oxygen atoms in total. The highest BCUT2D eigenvalue weighted by atomic mass is 16.5. The van der Waals surface area contributed by atoms with E-state index in [-0.39, 0.29) is 0 Å². The van der Waals surface area contributed by atoms with Gasteiger partial charge in [0.2, 0.25) is 0 Å². The molecule has 0 N–H and O–H groups in total. The Labute approximate surface area is 125 Å². The van der Waals surface area contributed by atoms with E-state index in [1.807, 2.05) is 0 Å². The van der Waals surface area contributed by atoms with Crippen molar-refractivity contribution in [3.63, 3.8) is 0 Å². The largest absolute Gasteiger partial charge is 0.373 e. The van der Waals surface area contributed by atoms with Crippen LogP contribution < -0.4 is 0 Å². The Balaban J connectivity index is 1.69. The maximum Gasteiger partial charge on any atom is 0.0678 e. The lowest BCUT2D eigenvalue weighted by molar-refractivity contribution is -0.0732. The molecule has 0 radical (unpaired) electrons. The highest BCUT2D eigenvalue weighted by Gasteiger charge is 2.26. The van der Waals surface area contributed by atoms with Crippen molar-refractivity contribution in [1.82, 2.24) is 9.80 Å². The van der Waals surface area contributed by atoms with Crippen LogP contribution in [0.3, 0.4) is 0 Å². The third kappa shape index (κ3) is 5.01. The summed E-state index contributed by atoms with van der Waals surface area (Å²) in [6.07, 6.45) is 4.89. The minimum atomic E-state index is 0.407. The number of likely N-dealkylation sites (tertiary alicyclic amines) is 1. The smallest absolute Gasteiger partial charge is 0.0678 e. The molecule has 0 saturated carbocycles. The summed E-state index contributed by atoms with van der Waals surface area (Å²) in [4.78, 5) is 5.31. The number of nitrogens with zero attached hydrogens (tertiary/aromatic N) is 2. The fraction of sp³-hybridized carbons (Fsp3) is 1.00. The van der Waals surface area contributed by atoms with Gasteiger partial charge in [0.1, 0.15) is 0 Å². The molecule has 0 spiro atoms. The van der Waals surface area contributed by atoms with E-state index in [4.69, 9.17) is 4.74 Å². The monoisotopic (exact) mass is 282 g/mol. The van der Waals surface area contributed by atoms with Crippen LogP contribution in [0.15, 0.2) is 0 Å². The van der Waals surface area contributed by atoms with Gasteiger partial charge in [-0.05, 0) is 51.6 Å². The Kier molecular flexibility index (Phi) is 6.31. The first kappa shape index (κ1) is 16.3. The van der Waals surface area contributed by atoms with Gasteiger partial charge in [0.05, 0.1) is 12.2 Å². The van der Waals surface area contributed by atoms with Gasteiger partial charge >= 0.3 is 0 Å². The average Bonchev–Trinajstić information content (AvgIpc) is 2.39. The molecule has 2 rings (SSSR count). The van der Waals surface area contributed by atoms with Crippen LogP contribution in [-0.2, 0) is 4.74 Å². The predicted octanol–water partition coefficient (Wildman–Crippen LogP) is 2.85. The Hall–Kier alpha value is -0.120. The van der Waals surface area contributed by atoms with Crippen LogP contribution in [0.1, 0.15) is 47.0 Å². The van der Waals surface area contributed by atoms with E-state index in [0.29, 0.717) is 12.2 Å². The summed E-state index contributed by atoms with van der Waals surface area (Å²) >= 11 is 0. The van der Waals surface area contributed by atoms with E-state index >= 15 is 0 Å². The maximum absolute atomic E-state index is 5.83. The second kappa shape index (κ2) is 7.77. The summed E-state index contributed by atoms with van der Waals surface area (Å²) in [5.74, 6) is 1.76. The molecule has 2 saturated heterocycles. The quantitative estimate of drug-likeness (QED) is 0.771. The van der Waals surface area contributed by atoms with Crippen LogP contribution in [0, 0.1) is 11.8 Å². The summed E-state index contributed by atoms with van der Waals surface area (Å²) in [6.45, 7) is 16.5. The number of morpholine rings is 1. The van der Waals surface area contributed by atoms with E-state index in [1.165, 1.54) is 45.4 Å². The molecular weight excluding hydrogens is 248 g/mol. The van der Waals surface area contributed by atoms with Gasteiger partial charge in [-0.15, -0.1) is 0 Å². The molecule has 2 aliphatic rings. The van der Waals surface area contributed by atoms with E-state index < -0.39 is 0 Å². The normalized spacial score (nSPS) is 32.4. The predicted molar refractivity (Wildman–Crippen MR) is 85.1 cm³/mol. The van der Waals surface area contributed by atoms with E-state index in [0.717, 1.165) is 24.9 Å². The van der Waals surface area contributed by atoms with Gasteiger partial charge in [-0.1, -0.05) is 20.3 Å². The summed E-state index contributed by atoms with van der Waals surface area (Å²) in [7, 11) is 0. The van der Waals surface area contributed by atoms with Crippen LogP contribution in [0.5, 0.6) is 0 Å². The summed E-state index contributed by atoms with van der Waals surface area (Å²) in [5.41, 5.74) is 0. The molecule has 20 heavy (non-hydrogen) atoms. The van der Waals surface area contributed by atoms with Gasteiger partial charge in [0.25, 0.3) is 0 Å². The van der Waals surface area contributed by atoms with Crippen molar-refractivity contribution in [3.8, 4) is 0 Å². The lowest BCUT2D eigenvalue weighted by atomic mass is 9.94. The zero-order valence-electron chi connectivity index (χ0n) is 14.0. The number of ether oxygens (including phenoxy) is 1. The van der Waals surface area contributed by atoms with Crippen molar-refractivity contribution in [2.24, 2.45) is 11.8 Å². The fourth-order valence-electron chi connectivity index (χ4n) is 3.72. The first-order valence-corrected chi connectivity index (χ1v) is 8.67. The topological polar surface area (TPSA) is 15.7 Å². The first-order valence-electron chi connectivity index (χ1n) is 8.67. The molecule has 3 heteroatoms. The van der Waals surface area contributed by atoms with E-state index in [2.05, 4.69) is 37.5 Å². The molecule has 2 fully saturated rings. The van der Waals surface area contributed by atoms with Crippen molar-refractivity contribution >= 4 is 0 Å². The van der Waals surface area contributed by atoms with Gasteiger partial charge in [-0.2, -0.15) is 0 Å². The third-order valence-corrected chi connectivity index (χ3v) is 4.99. The highest BCUT2D eigenvalue weighted by molar-refractivity contribution is 4.79. The molecule has 0 aromatic carbocycles. The molecule has 118 valence electrons. The molecule has 0 amide bonds. The lowest BCUT2D eigenvalue weighted by Crippen LogP contribution is -2.48. The van der Waals surface area contributed by atoms with Crippen LogP contribution in [-0.4, -0.2) is 61.3 Å². The van der Waals surface area contributed by atoms with E-state index in [9.17, 15) is 0 Å². The van der Waals surface area contributed by atoms with Crippen LogP contribution in [0.25, 0.3) is 0 Å². The van der Waals surface area contributed by atoms with Crippen molar-refractivity contribution in [2.75, 3.05) is 39.3 Å². The van der Waals surface area contributed by atoms with Crippen LogP contribution in [0.4, 0.5) is 0 Å². The summed E-state index contributed by atoms with van der Waals surface area (Å²) < 4.78 is 5.83. The molecule has 0 aliphatic carbocycles. The minimum absolute atomic E-state index is 0.407. The standard InChI is InChI=1S/C17H34N2O/c1-5-14(2)10-18-8-6-17(7-9-18)13-19-11-15(3)20-16(4)12-19/h14-17H,5-13H2,1-4H3/t14-,15-,16+/m1/s1. The van der Waals surface area contributed by atoms with Crippen molar-refractivity contribution < 1.29 is 4.74 Å². The lowest BCUT2D eigenvalue weighted by Gasteiger charge is -2.39. The molecule has 3 atom stereocenters. The number of piperidine rings is 1. The summed E-state index contributed by atoms with van der Waals surface area (Å²) in [5, 5.41) is 0. The molecule has 2 heterocycles. The Morgan fingerprint density at radius 2 is 1.65 bits per heavy atom. The number of hydrogen-bond acceptors (Lipinski definition) is 3. The van der Waals surface area contributed by atoms with Gasteiger partial charge in [-0.25, -0.2) is 0 Å². The number of hydrogen-bond donors (Lipinski definition) is 0. The number of rotatable bonds is 5. The van der Waals surface area contributed by atoms with Gasteiger partial charge in [0, 0.05) is 26.2 Å². The van der Waals surface area contributed by atoms with Gasteiger partial charge in [-0.3, -0.25) is 4.90 Å². The Morgan fingerprint density at radius 1 is 1.05 bits per heavy atom. The Morgan fingerprint density at radius 3 is 2.20 bits per heavy atom. The molecule has 2 aliphatic heterocycles. The molecule has 0 aromatic rings. The average molecular weight is 282 g/mol. The molecule has 0 aromatic heterocycles. The first-order chi connectivity index (χ1) is 9.56. The van der Waals surface area contributed by atoms with Crippen molar-refractivity contribution in [2.45, 2.75) is 59.2 Å². The summed E-state index contributed by atoms with van der Waals surface area (Å²) in [6, 6.07) is 0. The second-order valence-electron chi connectivity index (χ2n) is 7.23. The molecular formula is C17H34N2O. The molecule has 0 bridgehead atoms. The zero-order valence-corrected chi connectivity index (χ0v) is 14.0. The SMILES string of the molecule is CC[C@@H](C)CN1CCC(CN2C[C@@H](C)O[C@@H](C)C2)CC1. The van der Waals surface area contributed by atoms with Crippen LogP contribution >= 0.6 is 0 Å².